The van der Waals surface area contributed by atoms with Crippen LogP contribution in [0.2, 0.25) is 0 Å². The highest BCUT2D eigenvalue weighted by Gasteiger charge is 2.15. The van der Waals surface area contributed by atoms with Gasteiger partial charge in [0.1, 0.15) is 0 Å². The molecule has 1 aliphatic rings. The molecule has 2 nitrogen and oxygen atoms in total. The molecule has 2 heteroatoms. The lowest BCUT2D eigenvalue weighted by Crippen LogP contribution is -2.15. The van der Waals surface area contributed by atoms with Gasteiger partial charge in [-0.15, -0.1) is 0 Å². The van der Waals surface area contributed by atoms with Crippen molar-refractivity contribution in [1.82, 2.24) is 0 Å². The molecule has 1 N–H and O–H groups in total. The zero-order valence-electron chi connectivity index (χ0n) is 7.55. The Kier molecular flexibility index (Phi) is 3.48. The predicted octanol–water partition coefficient (Wildman–Crippen LogP) is 1.83. The largest absolute Gasteiger partial charge is 0.389 e. The molecule has 0 aromatic carbocycles. The van der Waals surface area contributed by atoms with E-state index < -0.39 is 0 Å². The zero-order chi connectivity index (χ0) is 8.97. The number of aliphatic hydroxyl groups is 1. The Morgan fingerprint density at radius 3 is 2.92 bits per heavy atom. The van der Waals surface area contributed by atoms with Crippen LogP contribution in [-0.2, 0) is 4.79 Å². The molecule has 0 fully saturated rings. The fourth-order valence-electron chi connectivity index (χ4n) is 1.54. The number of carbonyl (C=O) groups is 1. The maximum Gasteiger partial charge on any atom is 0.155 e. The molecule has 0 aliphatic heterocycles. The van der Waals surface area contributed by atoms with Gasteiger partial charge < -0.3 is 5.11 Å². The first-order valence-corrected chi connectivity index (χ1v) is 4.65. The Morgan fingerprint density at radius 2 is 2.33 bits per heavy atom. The maximum absolute atomic E-state index is 11.0. The van der Waals surface area contributed by atoms with Crippen molar-refractivity contribution in [3.63, 3.8) is 0 Å². The van der Waals surface area contributed by atoms with Gasteiger partial charge in [0, 0.05) is 6.42 Å². The van der Waals surface area contributed by atoms with Crippen LogP contribution in [0.4, 0.5) is 0 Å². The van der Waals surface area contributed by atoms with Crippen LogP contribution in [0.1, 0.15) is 39.0 Å². The first-order chi connectivity index (χ1) is 5.74. The number of carbonyl (C=O) groups excluding carboxylic acids is 1. The van der Waals surface area contributed by atoms with Crippen molar-refractivity contribution in [2.24, 2.45) is 0 Å². The van der Waals surface area contributed by atoms with E-state index in [1.165, 1.54) is 0 Å². The SMILES string of the molecule is CCCC(O)C1=CC(=O)CCC1. The number of hydrogen-bond acceptors (Lipinski definition) is 2. The summed E-state index contributed by atoms with van der Waals surface area (Å²) in [4.78, 5) is 11.0. The van der Waals surface area contributed by atoms with Gasteiger partial charge in [0.2, 0.25) is 0 Å². The van der Waals surface area contributed by atoms with Gasteiger partial charge in [-0.1, -0.05) is 13.3 Å². The predicted molar refractivity (Wildman–Crippen MR) is 47.9 cm³/mol. The van der Waals surface area contributed by atoms with E-state index in [4.69, 9.17) is 0 Å². The van der Waals surface area contributed by atoms with Crippen LogP contribution in [-0.4, -0.2) is 17.0 Å². The molecular weight excluding hydrogens is 152 g/mol. The molecule has 0 aromatic rings. The van der Waals surface area contributed by atoms with E-state index in [0.717, 1.165) is 31.3 Å². The van der Waals surface area contributed by atoms with E-state index in [1.54, 1.807) is 6.08 Å². The van der Waals surface area contributed by atoms with Gasteiger partial charge in [0.25, 0.3) is 0 Å². The van der Waals surface area contributed by atoms with Crippen LogP contribution in [0.3, 0.4) is 0 Å². The molecule has 0 saturated heterocycles. The minimum atomic E-state index is -0.376. The molecule has 12 heavy (non-hydrogen) atoms. The van der Waals surface area contributed by atoms with Crippen LogP contribution in [0.25, 0.3) is 0 Å². The maximum atomic E-state index is 11.0. The van der Waals surface area contributed by atoms with E-state index in [-0.39, 0.29) is 11.9 Å². The average molecular weight is 168 g/mol. The van der Waals surface area contributed by atoms with Crippen LogP contribution >= 0.6 is 0 Å². The number of allylic oxidation sites excluding steroid dienone is 1. The number of hydrogen-bond donors (Lipinski definition) is 1. The van der Waals surface area contributed by atoms with Crippen molar-refractivity contribution in [2.75, 3.05) is 0 Å². The summed E-state index contributed by atoms with van der Waals surface area (Å²) in [6.45, 7) is 2.04. The molecule has 0 bridgehead atoms. The van der Waals surface area contributed by atoms with E-state index >= 15 is 0 Å². The molecule has 0 spiro atoms. The standard InChI is InChI=1S/C10H16O2/c1-2-4-10(12)8-5-3-6-9(11)7-8/h7,10,12H,2-6H2,1H3. The van der Waals surface area contributed by atoms with Gasteiger partial charge in [0.15, 0.2) is 5.78 Å². The minimum absolute atomic E-state index is 0.173. The highest BCUT2D eigenvalue weighted by Crippen LogP contribution is 2.20. The van der Waals surface area contributed by atoms with Crippen molar-refractivity contribution < 1.29 is 9.90 Å². The number of aliphatic hydroxyl groups excluding tert-OH is 1. The van der Waals surface area contributed by atoms with Crippen LogP contribution in [0.15, 0.2) is 11.6 Å². The number of ketones is 1. The lowest BCUT2D eigenvalue weighted by atomic mass is 9.93. The molecule has 0 heterocycles. The van der Waals surface area contributed by atoms with Gasteiger partial charge in [0.05, 0.1) is 6.10 Å². The van der Waals surface area contributed by atoms with E-state index in [1.807, 2.05) is 6.92 Å². The molecule has 0 saturated carbocycles. The second-order valence-electron chi connectivity index (χ2n) is 3.34. The molecule has 1 unspecified atom stereocenters. The molecule has 1 aliphatic carbocycles. The van der Waals surface area contributed by atoms with Crippen LogP contribution < -0.4 is 0 Å². The first-order valence-electron chi connectivity index (χ1n) is 4.65. The minimum Gasteiger partial charge on any atom is -0.389 e. The summed E-state index contributed by atoms with van der Waals surface area (Å²) >= 11 is 0. The molecule has 68 valence electrons. The van der Waals surface area contributed by atoms with Gasteiger partial charge in [-0.2, -0.15) is 0 Å². The normalized spacial score (nSPS) is 20.5. The Labute approximate surface area is 73.3 Å². The molecule has 0 aromatic heterocycles. The Hall–Kier alpha value is -0.630. The van der Waals surface area contributed by atoms with E-state index in [9.17, 15) is 9.90 Å². The van der Waals surface area contributed by atoms with E-state index in [2.05, 4.69) is 0 Å². The second-order valence-corrected chi connectivity index (χ2v) is 3.34. The van der Waals surface area contributed by atoms with Gasteiger partial charge in [-0.05, 0) is 30.9 Å². The fourth-order valence-corrected chi connectivity index (χ4v) is 1.54. The number of rotatable bonds is 3. The Morgan fingerprint density at radius 1 is 1.58 bits per heavy atom. The Balaban J connectivity index is 2.54. The summed E-state index contributed by atoms with van der Waals surface area (Å²) in [7, 11) is 0. The summed E-state index contributed by atoms with van der Waals surface area (Å²) in [5, 5.41) is 9.57. The average Bonchev–Trinajstić information content (AvgIpc) is 2.05. The third-order valence-corrected chi connectivity index (χ3v) is 2.23. The van der Waals surface area contributed by atoms with Gasteiger partial charge >= 0.3 is 0 Å². The molecule has 0 radical (unpaired) electrons. The third-order valence-electron chi connectivity index (χ3n) is 2.23. The van der Waals surface area contributed by atoms with Crippen molar-refractivity contribution in [1.29, 1.82) is 0 Å². The smallest absolute Gasteiger partial charge is 0.155 e. The fraction of sp³-hybridized carbons (Fsp3) is 0.700. The van der Waals surface area contributed by atoms with E-state index in [0.29, 0.717) is 6.42 Å². The monoisotopic (exact) mass is 168 g/mol. The quantitative estimate of drug-likeness (QED) is 0.698. The second kappa shape index (κ2) is 4.41. The lowest BCUT2D eigenvalue weighted by molar-refractivity contribution is -0.115. The summed E-state index contributed by atoms with van der Waals surface area (Å²) in [5.74, 6) is 0.173. The van der Waals surface area contributed by atoms with Crippen molar-refractivity contribution in [3.05, 3.63) is 11.6 Å². The van der Waals surface area contributed by atoms with Gasteiger partial charge in [-0.25, -0.2) is 0 Å². The first kappa shape index (κ1) is 9.46. The lowest BCUT2D eigenvalue weighted by Gasteiger charge is -2.17. The molecule has 1 rings (SSSR count). The highest BCUT2D eigenvalue weighted by molar-refractivity contribution is 5.91. The summed E-state index contributed by atoms with van der Waals surface area (Å²) in [5.41, 5.74) is 0.938. The summed E-state index contributed by atoms with van der Waals surface area (Å²) < 4.78 is 0. The highest BCUT2D eigenvalue weighted by atomic mass is 16.3. The van der Waals surface area contributed by atoms with Crippen molar-refractivity contribution in [2.45, 2.75) is 45.1 Å². The molecule has 1 atom stereocenters. The summed E-state index contributed by atoms with van der Waals surface area (Å²) in [6, 6.07) is 0. The third kappa shape index (κ3) is 2.45. The summed E-state index contributed by atoms with van der Waals surface area (Å²) in [6.07, 6.45) is 5.45. The van der Waals surface area contributed by atoms with Crippen molar-refractivity contribution >= 4 is 5.78 Å². The van der Waals surface area contributed by atoms with Crippen LogP contribution in [0.5, 0.6) is 0 Å². The van der Waals surface area contributed by atoms with Crippen molar-refractivity contribution in [3.8, 4) is 0 Å². The zero-order valence-corrected chi connectivity index (χ0v) is 7.55. The Bertz CT molecular complexity index is 194. The topological polar surface area (TPSA) is 37.3 Å². The molecular formula is C10H16O2. The van der Waals surface area contributed by atoms with Crippen LogP contribution in [0, 0.1) is 0 Å². The van der Waals surface area contributed by atoms with Gasteiger partial charge in [-0.3, -0.25) is 4.79 Å². The molecule has 0 amide bonds.